The van der Waals surface area contributed by atoms with Crippen LogP contribution >= 0.6 is 0 Å². The molecule has 0 amide bonds. The number of benzene rings is 3. The molecule has 168 valence electrons. The summed E-state index contributed by atoms with van der Waals surface area (Å²) < 4.78 is 60.0. The first-order chi connectivity index (χ1) is 15.4. The molecule has 0 fully saturated rings. The van der Waals surface area contributed by atoms with Gasteiger partial charge < -0.3 is 4.74 Å². The summed E-state index contributed by atoms with van der Waals surface area (Å²) in [5.41, 5.74) is 1.41. The highest BCUT2D eigenvalue weighted by Crippen LogP contribution is 2.32. The van der Waals surface area contributed by atoms with Gasteiger partial charge in [-0.1, -0.05) is 42.5 Å². The van der Waals surface area contributed by atoms with Gasteiger partial charge in [0.15, 0.2) is 0 Å². The molecule has 3 rings (SSSR count). The Morgan fingerprint density at radius 2 is 1.59 bits per heavy atom. The lowest BCUT2D eigenvalue weighted by Crippen LogP contribution is -2.35. The number of esters is 1. The SMILES string of the molecule is COC(=O)c1ccc(CN([C@@H](CCF)c2ccc(F)cc2)S(=O)(=O)c2ccccc2)cc1. The smallest absolute Gasteiger partial charge is 0.337 e. The Bertz CT molecular complexity index is 1130. The van der Waals surface area contributed by atoms with E-state index in [1.165, 1.54) is 59.9 Å². The van der Waals surface area contributed by atoms with Crippen LogP contribution in [0.5, 0.6) is 0 Å². The van der Waals surface area contributed by atoms with Crippen LogP contribution in [0.4, 0.5) is 8.78 Å². The van der Waals surface area contributed by atoms with Crippen LogP contribution in [-0.2, 0) is 21.3 Å². The number of ether oxygens (including phenoxy) is 1. The first kappa shape index (κ1) is 23.6. The van der Waals surface area contributed by atoms with Crippen molar-refractivity contribution in [2.75, 3.05) is 13.8 Å². The van der Waals surface area contributed by atoms with E-state index in [0.717, 1.165) is 0 Å². The third-order valence-corrected chi connectivity index (χ3v) is 6.92. The van der Waals surface area contributed by atoms with Gasteiger partial charge in [0.2, 0.25) is 10.0 Å². The summed E-state index contributed by atoms with van der Waals surface area (Å²) in [6, 6.07) is 18.7. The molecule has 0 N–H and O–H groups in total. The molecular formula is C24H23F2NO4S. The molecule has 0 heterocycles. The summed E-state index contributed by atoms with van der Waals surface area (Å²) in [4.78, 5) is 11.8. The van der Waals surface area contributed by atoms with Crippen molar-refractivity contribution in [3.8, 4) is 0 Å². The van der Waals surface area contributed by atoms with Gasteiger partial charge in [-0.05, 0) is 53.9 Å². The molecule has 1 atom stereocenters. The van der Waals surface area contributed by atoms with Crippen LogP contribution in [0.2, 0.25) is 0 Å². The molecule has 0 aliphatic carbocycles. The molecule has 0 unspecified atom stereocenters. The summed E-state index contributed by atoms with van der Waals surface area (Å²) in [6.07, 6.45) is -0.0993. The van der Waals surface area contributed by atoms with Gasteiger partial charge in [0.05, 0.1) is 30.3 Å². The molecule has 3 aromatic rings. The van der Waals surface area contributed by atoms with E-state index in [1.807, 2.05) is 0 Å². The number of carbonyl (C=O) groups is 1. The van der Waals surface area contributed by atoms with E-state index in [9.17, 15) is 22.0 Å². The van der Waals surface area contributed by atoms with Crippen LogP contribution in [0.3, 0.4) is 0 Å². The number of rotatable bonds is 9. The first-order valence-corrected chi connectivity index (χ1v) is 11.4. The maximum atomic E-state index is 13.6. The standard InChI is InChI=1S/C24H23F2NO4S/c1-31-24(28)20-9-7-18(8-10-20)17-27(32(29,30)22-5-3-2-4-6-22)23(15-16-25)19-11-13-21(26)14-12-19/h2-14,23H,15-17H2,1H3/t23-/m0/s1. The Balaban J connectivity index is 2.05. The molecule has 0 aliphatic heterocycles. The number of nitrogens with zero attached hydrogens (tertiary/aromatic N) is 1. The lowest BCUT2D eigenvalue weighted by Gasteiger charge is -2.31. The zero-order valence-electron chi connectivity index (χ0n) is 17.4. The van der Waals surface area contributed by atoms with Crippen molar-refractivity contribution in [1.82, 2.24) is 4.31 Å². The monoisotopic (exact) mass is 459 g/mol. The van der Waals surface area contributed by atoms with Crippen molar-refractivity contribution in [3.63, 3.8) is 0 Å². The predicted molar refractivity (Wildman–Crippen MR) is 117 cm³/mol. The summed E-state index contributed by atoms with van der Waals surface area (Å²) in [5.74, 6) is -0.976. The van der Waals surface area contributed by atoms with Crippen LogP contribution in [0.1, 0.15) is 33.9 Å². The number of hydrogen-bond acceptors (Lipinski definition) is 4. The topological polar surface area (TPSA) is 63.7 Å². The van der Waals surface area contributed by atoms with E-state index < -0.39 is 34.5 Å². The molecule has 8 heteroatoms. The molecule has 3 aromatic carbocycles. The molecule has 0 radical (unpaired) electrons. The molecular weight excluding hydrogens is 436 g/mol. The quantitative estimate of drug-likeness (QED) is 0.427. The van der Waals surface area contributed by atoms with Crippen LogP contribution < -0.4 is 0 Å². The Labute approximate surface area is 186 Å². The van der Waals surface area contributed by atoms with Gasteiger partial charge >= 0.3 is 5.97 Å². The van der Waals surface area contributed by atoms with Crippen molar-refractivity contribution < 1.29 is 26.7 Å². The van der Waals surface area contributed by atoms with E-state index in [-0.39, 0.29) is 17.9 Å². The fraction of sp³-hybridized carbons (Fsp3) is 0.208. The average molecular weight is 460 g/mol. The summed E-state index contributed by atoms with van der Waals surface area (Å²) in [7, 11) is -2.76. The van der Waals surface area contributed by atoms with Crippen molar-refractivity contribution in [2.45, 2.75) is 23.9 Å². The molecule has 0 spiro atoms. The Kier molecular flexibility index (Phi) is 7.71. The maximum absolute atomic E-state index is 13.6. The van der Waals surface area contributed by atoms with Gasteiger partial charge in [0.1, 0.15) is 5.82 Å². The highest BCUT2D eigenvalue weighted by molar-refractivity contribution is 7.89. The van der Waals surface area contributed by atoms with Gasteiger partial charge in [0.25, 0.3) is 0 Å². The summed E-state index contributed by atoms with van der Waals surface area (Å²) >= 11 is 0. The second-order valence-corrected chi connectivity index (χ2v) is 8.99. The molecule has 0 aromatic heterocycles. The van der Waals surface area contributed by atoms with Crippen LogP contribution in [0, 0.1) is 5.82 Å². The molecule has 32 heavy (non-hydrogen) atoms. The van der Waals surface area contributed by atoms with Crippen molar-refractivity contribution in [1.29, 1.82) is 0 Å². The minimum atomic E-state index is -4.03. The fourth-order valence-electron chi connectivity index (χ4n) is 3.40. The van der Waals surface area contributed by atoms with Gasteiger partial charge in [0, 0.05) is 6.54 Å². The Morgan fingerprint density at radius 3 is 2.16 bits per heavy atom. The van der Waals surface area contributed by atoms with Gasteiger partial charge in [-0.2, -0.15) is 4.31 Å². The van der Waals surface area contributed by atoms with Crippen LogP contribution in [-0.4, -0.2) is 32.5 Å². The number of halogens is 2. The highest BCUT2D eigenvalue weighted by Gasteiger charge is 2.32. The molecule has 0 saturated carbocycles. The molecule has 5 nitrogen and oxygen atoms in total. The third kappa shape index (κ3) is 5.38. The van der Waals surface area contributed by atoms with E-state index in [4.69, 9.17) is 0 Å². The fourth-order valence-corrected chi connectivity index (χ4v) is 5.05. The lowest BCUT2D eigenvalue weighted by atomic mass is 10.0. The zero-order chi connectivity index (χ0) is 23.1. The van der Waals surface area contributed by atoms with Crippen molar-refractivity contribution >= 4 is 16.0 Å². The van der Waals surface area contributed by atoms with Crippen LogP contribution in [0.25, 0.3) is 0 Å². The Morgan fingerprint density at radius 1 is 0.969 bits per heavy atom. The number of sulfonamides is 1. The number of hydrogen-bond donors (Lipinski definition) is 0. The predicted octanol–water partition coefficient (Wildman–Crippen LogP) is 4.90. The van der Waals surface area contributed by atoms with E-state index in [1.54, 1.807) is 30.3 Å². The maximum Gasteiger partial charge on any atom is 0.337 e. The second kappa shape index (κ2) is 10.5. The Hall–Kier alpha value is -3.10. The average Bonchev–Trinajstić information content (AvgIpc) is 2.82. The highest BCUT2D eigenvalue weighted by atomic mass is 32.2. The van der Waals surface area contributed by atoms with Crippen molar-refractivity contribution in [3.05, 3.63) is 101 Å². The number of carbonyl (C=O) groups excluding carboxylic acids is 1. The van der Waals surface area contributed by atoms with Crippen LogP contribution in [0.15, 0.2) is 83.8 Å². The van der Waals surface area contributed by atoms with E-state index in [0.29, 0.717) is 16.7 Å². The van der Waals surface area contributed by atoms with Gasteiger partial charge in [-0.25, -0.2) is 17.6 Å². The largest absolute Gasteiger partial charge is 0.465 e. The normalized spacial score (nSPS) is 12.5. The van der Waals surface area contributed by atoms with E-state index in [2.05, 4.69) is 4.74 Å². The molecule has 0 saturated heterocycles. The molecule has 0 bridgehead atoms. The lowest BCUT2D eigenvalue weighted by molar-refractivity contribution is 0.0600. The zero-order valence-corrected chi connectivity index (χ0v) is 18.3. The number of methoxy groups -OCH3 is 1. The third-order valence-electron chi connectivity index (χ3n) is 5.05. The second-order valence-electron chi connectivity index (χ2n) is 7.10. The molecule has 0 aliphatic rings. The minimum absolute atomic E-state index is 0.0668. The minimum Gasteiger partial charge on any atom is -0.465 e. The van der Waals surface area contributed by atoms with E-state index >= 15 is 0 Å². The van der Waals surface area contributed by atoms with Crippen molar-refractivity contribution in [2.24, 2.45) is 0 Å². The summed E-state index contributed by atoms with van der Waals surface area (Å²) in [5, 5.41) is 0. The van der Waals surface area contributed by atoms with Gasteiger partial charge in [-0.15, -0.1) is 0 Å². The number of alkyl halides is 1. The van der Waals surface area contributed by atoms with Gasteiger partial charge in [-0.3, -0.25) is 4.39 Å². The summed E-state index contributed by atoms with van der Waals surface area (Å²) in [6.45, 7) is -0.829. The first-order valence-electron chi connectivity index (χ1n) is 9.92.